The van der Waals surface area contributed by atoms with Gasteiger partial charge < -0.3 is 26.6 Å². The molecule has 0 N–H and O–H groups in total. The van der Waals surface area contributed by atoms with Crippen LogP contribution in [0, 0.1) is 13.8 Å². The first kappa shape index (κ1) is 47.7. The van der Waals surface area contributed by atoms with Crippen LogP contribution in [0.5, 0.6) is 0 Å². The lowest BCUT2D eigenvalue weighted by Gasteiger charge is -2.29. The number of hydrogen-bond donors (Lipinski definition) is 0. The minimum absolute atomic E-state index is 0.550. The highest BCUT2D eigenvalue weighted by molar-refractivity contribution is 9.26. The number of aryl methyl sites for hydroxylation is 4. The van der Waals surface area contributed by atoms with E-state index in [9.17, 15) is 0 Å². The van der Waals surface area contributed by atoms with Gasteiger partial charge >= 0.3 is 17.6 Å². The molecule has 0 fully saturated rings. The van der Waals surface area contributed by atoms with E-state index in [4.69, 9.17) is 36.5 Å². The third-order valence-corrected chi connectivity index (χ3v) is 24.2. The summed E-state index contributed by atoms with van der Waals surface area (Å²) in [6.07, 6.45) is 1.53. The van der Waals surface area contributed by atoms with E-state index < -0.39 is 17.6 Å². The summed E-state index contributed by atoms with van der Waals surface area (Å²) in [7, 11) is 1.41. The van der Waals surface area contributed by atoms with Crippen molar-refractivity contribution in [2.45, 2.75) is 90.1 Å². The van der Waals surface area contributed by atoms with Gasteiger partial charge in [-0.1, -0.05) is 48.5 Å². The highest BCUT2D eigenvalue weighted by atomic mass is 33.7. The highest BCUT2D eigenvalue weighted by Crippen LogP contribution is 2.56. The largest absolute Gasteiger partial charge is 0.501 e. The zero-order valence-electron chi connectivity index (χ0n) is 35.8. The lowest BCUT2D eigenvalue weighted by molar-refractivity contribution is 0.0706. The summed E-state index contributed by atoms with van der Waals surface area (Å²) in [5.41, 5.74) is 9.29. The molecular weight excluding hydrogens is 901 g/mol. The Morgan fingerprint density at radius 1 is 0.483 bits per heavy atom. The Balaban J connectivity index is 1.35. The Labute approximate surface area is 381 Å². The quantitative estimate of drug-likeness (QED) is 0.0311. The third kappa shape index (κ3) is 11.7. The molecule has 0 saturated carbocycles. The molecule has 6 rings (SSSR count). The zero-order chi connectivity index (χ0) is 42.5. The molecule has 0 saturated heterocycles. The fourth-order valence-corrected chi connectivity index (χ4v) is 21.0. The number of fused-ring (bicyclic) bond motifs is 2. The molecule has 0 bridgehead atoms. The minimum Gasteiger partial charge on any atom is -0.374 e. The van der Waals surface area contributed by atoms with E-state index in [1.165, 1.54) is 52.6 Å². The predicted octanol–water partition coefficient (Wildman–Crippen LogP) is 14.1. The van der Waals surface area contributed by atoms with Gasteiger partial charge in [0.15, 0.2) is 0 Å². The van der Waals surface area contributed by atoms with E-state index in [0.29, 0.717) is 51.7 Å². The van der Waals surface area contributed by atoms with E-state index in [0.717, 1.165) is 33.9 Å². The van der Waals surface area contributed by atoms with Crippen LogP contribution in [0.2, 0.25) is 12.1 Å². The lowest BCUT2D eigenvalue weighted by atomic mass is 10.0. The molecule has 322 valence electrons. The molecule has 8 nitrogen and oxygen atoms in total. The fraction of sp³-hybridized carbons (Fsp3) is 0.409. The number of benzene rings is 4. The van der Waals surface area contributed by atoms with Crippen LogP contribution < -0.4 is 0 Å². The Bertz CT molecular complexity index is 2050. The fourth-order valence-electron chi connectivity index (χ4n) is 7.20. The molecule has 0 unspecified atom stereocenters. The lowest BCUT2D eigenvalue weighted by Crippen LogP contribution is -2.46. The van der Waals surface area contributed by atoms with Crippen LogP contribution in [-0.2, 0) is 39.4 Å². The molecule has 4 aromatic carbocycles. The van der Waals surface area contributed by atoms with E-state index in [-0.39, 0.29) is 0 Å². The summed E-state index contributed by atoms with van der Waals surface area (Å²) < 4.78 is 40.2. The van der Waals surface area contributed by atoms with Crippen LogP contribution in [0.1, 0.15) is 63.8 Å². The second-order valence-corrected chi connectivity index (χ2v) is 26.9. The van der Waals surface area contributed by atoms with E-state index >= 15 is 0 Å². The van der Waals surface area contributed by atoms with Crippen LogP contribution in [0.4, 0.5) is 0 Å². The number of aromatic nitrogens is 2. The van der Waals surface area contributed by atoms with Crippen molar-refractivity contribution < 1.29 is 26.6 Å². The van der Waals surface area contributed by atoms with Crippen LogP contribution in [-0.4, -0.2) is 67.2 Å². The monoisotopic (exact) mass is 956 g/mol. The third-order valence-electron chi connectivity index (χ3n) is 9.76. The summed E-state index contributed by atoms with van der Waals surface area (Å²) >= 11 is 3.50. The van der Waals surface area contributed by atoms with Crippen LogP contribution in [0.25, 0.3) is 41.6 Å². The van der Waals surface area contributed by atoms with Gasteiger partial charge in [0.05, 0.1) is 20.4 Å². The second-order valence-electron chi connectivity index (χ2n) is 13.7. The molecule has 6 aromatic rings. The van der Waals surface area contributed by atoms with Gasteiger partial charge in [0.2, 0.25) is 0 Å². The SMILES string of the molecule is CCO[Si](CCc1ccc(C)c(-c2nc3ccccc3s2)c1SSSSc1c(CC[Si](OCC)(OCC)OCC)ccc(C)c1-c1nc2ccccc2s1)(OCC)OCC. The summed E-state index contributed by atoms with van der Waals surface area (Å²) in [4.78, 5) is 12.8. The van der Waals surface area contributed by atoms with Crippen molar-refractivity contribution in [3.05, 3.63) is 95.1 Å². The molecule has 0 spiro atoms. The van der Waals surface area contributed by atoms with E-state index in [1.807, 2.05) is 63.1 Å². The number of thiazole rings is 2. The minimum atomic E-state index is -2.89. The van der Waals surface area contributed by atoms with Gasteiger partial charge in [0, 0.05) is 72.6 Å². The number of rotatable bonds is 25. The zero-order valence-corrected chi connectivity index (χ0v) is 42.7. The average Bonchev–Trinajstić information content (AvgIpc) is 3.87. The first-order valence-corrected chi connectivity index (χ1v) is 31.0. The number of nitrogens with zero attached hydrogens (tertiary/aromatic N) is 2. The smallest absolute Gasteiger partial charge is 0.374 e. The maximum atomic E-state index is 6.31. The summed E-state index contributed by atoms with van der Waals surface area (Å²) in [5.74, 6) is 0. The molecule has 2 heterocycles. The van der Waals surface area contributed by atoms with Gasteiger partial charge in [-0.05, 0) is 156 Å². The van der Waals surface area contributed by atoms with Crippen molar-refractivity contribution in [1.82, 2.24) is 9.97 Å². The van der Waals surface area contributed by atoms with Crippen molar-refractivity contribution in [3.63, 3.8) is 0 Å². The topological polar surface area (TPSA) is 81.2 Å². The Hall–Kier alpha value is -1.75. The Morgan fingerprint density at radius 3 is 1.17 bits per heavy atom. The summed E-state index contributed by atoms with van der Waals surface area (Å²) in [6.45, 7) is 19.8. The van der Waals surface area contributed by atoms with Crippen LogP contribution in [0.15, 0.2) is 82.6 Å². The first-order chi connectivity index (χ1) is 29.2. The molecule has 0 radical (unpaired) electrons. The summed E-state index contributed by atoms with van der Waals surface area (Å²) in [6, 6.07) is 27.2. The van der Waals surface area contributed by atoms with Crippen molar-refractivity contribution in [2.75, 3.05) is 39.6 Å². The van der Waals surface area contributed by atoms with Crippen LogP contribution >= 0.6 is 63.9 Å². The highest BCUT2D eigenvalue weighted by Gasteiger charge is 2.41. The first-order valence-electron chi connectivity index (χ1n) is 20.7. The van der Waals surface area contributed by atoms with Gasteiger partial charge in [0.1, 0.15) is 10.0 Å². The number of para-hydroxylation sites is 2. The van der Waals surface area contributed by atoms with Gasteiger partial charge in [-0.2, -0.15) is 0 Å². The summed E-state index contributed by atoms with van der Waals surface area (Å²) in [5, 5.41) is 2.06. The second kappa shape index (κ2) is 23.3. The molecular formula is C44H56N2O6S6Si2. The molecule has 60 heavy (non-hydrogen) atoms. The molecule has 0 atom stereocenters. The Kier molecular flexibility index (Phi) is 18.5. The predicted molar refractivity (Wildman–Crippen MR) is 265 cm³/mol. The molecule has 0 amide bonds. The van der Waals surface area contributed by atoms with Crippen molar-refractivity contribution in [3.8, 4) is 21.1 Å². The average molecular weight is 958 g/mol. The van der Waals surface area contributed by atoms with Gasteiger partial charge in [-0.25, -0.2) is 9.97 Å². The van der Waals surface area contributed by atoms with Gasteiger partial charge in [-0.15, -0.1) is 22.7 Å². The van der Waals surface area contributed by atoms with E-state index in [2.05, 4.69) is 86.6 Å². The Morgan fingerprint density at radius 2 is 0.833 bits per heavy atom. The van der Waals surface area contributed by atoms with Crippen molar-refractivity contribution >= 4 is 102 Å². The van der Waals surface area contributed by atoms with Crippen molar-refractivity contribution in [1.29, 1.82) is 0 Å². The maximum Gasteiger partial charge on any atom is 0.501 e. The molecule has 0 aliphatic carbocycles. The van der Waals surface area contributed by atoms with Gasteiger partial charge in [0.25, 0.3) is 0 Å². The maximum absolute atomic E-state index is 6.31. The standard InChI is InChI=1S/C44H56N2O6S6Si2/c1-9-47-59(48-10-2,49-11-3)29-27-33-25-23-31(7)39(43-45-35-19-15-17-21-37(35)53-43)41(33)55-57-58-56-42-34(28-30-60(50-12-4,51-13-5)52-14-6)26-24-32(8)40(42)44-46-36-20-16-18-22-38(36)54-44/h15-26H,9-14,27-30H2,1-8H3. The van der Waals surface area contributed by atoms with E-state index in [1.54, 1.807) is 42.3 Å². The molecule has 0 aliphatic heterocycles. The number of hydrogen-bond acceptors (Lipinski definition) is 14. The molecule has 16 heteroatoms. The molecule has 0 aliphatic rings. The van der Waals surface area contributed by atoms with Crippen LogP contribution in [0.3, 0.4) is 0 Å². The normalized spacial score (nSPS) is 12.3. The van der Waals surface area contributed by atoms with Crippen molar-refractivity contribution in [2.24, 2.45) is 0 Å². The molecule has 2 aromatic heterocycles. The van der Waals surface area contributed by atoms with Gasteiger partial charge in [-0.3, -0.25) is 0 Å².